The minimum atomic E-state index is -3.77. The molecule has 1 aliphatic heterocycles. The molecule has 3 heterocycles. The molecule has 0 amide bonds. The summed E-state index contributed by atoms with van der Waals surface area (Å²) >= 11 is 0. The molecule has 0 spiro atoms. The number of hydrogen-bond donors (Lipinski definition) is 1. The summed E-state index contributed by atoms with van der Waals surface area (Å²) in [5.74, 6) is 0.387. The van der Waals surface area contributed by atoms with E-state index in [-0.39, 0.29) is 16.4 Å². The first-order chi connectivity index (χ1) is 19.7. The third-order valence-electron chi connectivity index (χ3n) is 6.71. The van der Waals surface area contributed by atoms with Gasteiger partial charge < -0.3 is 19.0 Å². The molecule has 0 unspecified atom stereocenters. The fourth-order valence-electron chi connectivity index (χ4n) is 4.69. The first-order valence-corrected chi connectivity index (χ1v) is 14.7. The Morgan fingerprint density at radius 1 is 0.929 bits per heavy atom. The van der Waals surface area contributed by atoms with Crippen molar-refractivity contribution in [2.24, 2.45) is 0 Å². The lowest BCUT2D eigenvalue weighted by Crippen LogP contribution is -2.25. The van der Waals surface area contributed by atoms with Crippen LogP contribution in [0.2, 0.25) is 0 Å². The van der Waals surface area contributed by atoms with Gasteiger partial charge in [0.1, 0.15) is 11.3 Å². The number of hydrogen-bond acceptors (Lipinski definition) is 8. The first-order valence-electron chi connectivity index (χ1n) is 12.8. The fraction of sp³-hybridized carbons (Fsp3) is 0.200. The molecule has 5 aromatic rings. The summed E-state index contributed by atoms with van der Waals surface area (Å²) in [5.41, 5.74) is 2.46. The standard InChI is InChI=1S/C30H25F2N3O6S/c1-17-33-27(20-9-11-24-25(16-20)41-30(31,32)40-24)28(39-17)22-15-19(18-6-5-7-21(14-18)42(4,37)38)8-10-23(22)35-13-12-26(34-35)29(2,3)36/h5-16,36H,1-4H3. The summed E-state index contributed by atoms with van der Waals surface area (Å²) in [6.07, 6.45) is -0.936. The van der Waals surface area contributed by atoms with Gasteiger partial charge in [-0.1, -0.05) is 18.2 Å². The van der Waals surface area contributed by atoms with Crippen LogP contribution in [0.4, 0.5) is 8.78 Å². The average Bonchev–Trinajstić information content (AvgIpc) is 3.63. The maximum atomic E-state index is 13.7. The highest BCUT2D eigenvalue weighted by Gasteiger charge is 2.43. The molecule has 1 aliphatic rings. The number of oxazole rings is 1. The highest BCUT2D eigenvalue weighted by molar-refractivity contribution is 7.90. The van der Waals surface area contributed by atoms with Gasteiger partial charge in [-0.2, -0.15) is 5.10 Å². The molecule has 216 valence electrons. The van der Waals surface area contributed by atoms with Gasteiger partial charge in [-0.05, 0) is 73.5 Å². The lowest BCUT2D eigenvalue weighted by Gasteiger charge is -2.15. The number of sulfone groups is 1. The molecule has 0 aliphatic carbocycles. The summed E-state index contributed by atoms with van der Waals surface area (Å²) in [6, 6.07) is 18.0. The zero-order valence-electron chi connectivity index (χ0n) is 22.9. The first kappa shape index (κ1) is 27.6. The summed E-state index contributed by atoms with van der Waals surface area (Å²) in [6.45, 7) is 4.91. The van der Waals surface area contributed by atoms with Crippen LogP contribution in [-0.4, -0.2) is 40.8 Å². The Morgan fingerprint density at radius 2 is 1.64 bits per heavy atom. The van der Waals surface area contributed by atoms with Crippen molar-refractivity contribution in [3.63, 3.8) is 0 Å². The third kappa shape index (κ3) is 5.14. The van der Waals surface area contributed by atoms with Crippen LogP contribution in [0.25, 0.3) is 39.4 Å². The van der Waals surface area contributed by atoms with Gasteiger partial charge in [-0.3, -0.25) is 0 Å². The van der Waals surface area contributed by atoms with E-state index in [9.17, 15) is 22.3 Å². The number of ether oxygens (including phenoxy) is 2. The second-order valence-electron chi connectivity index (χ2n) is 10.5. The Kier molecular flexibility index (Phi) is 6.24. The zero-order chi connectivity index (χ0) is 30.0. The second-order valence-corrected chi connectivity index (χ2v) is 12.5. The summed E-state index contributed by atoms with van der Waals surface area (Å²) in [7, 11) is -3.45. The molecule has 0 fully saturated rings. The lowest BCUT2D eigenvalue weighted by molar-refractivity contribution is -0.286. The van der Waals surface area contributed by atoms with Crippen LogP contribution in [0.1, 0.15) is 25.4 Å². The molecule has 6 rings (SSSR count). The molecular formula is C30H25F2N3O6S. The summed E-state index contributed by atoms with van der Waals surface area (Å²) in [5, 5.41) is 15.1. The monoisotopic (exact) mass is 593 g/mol. The SMILES string of the molecule is Cc1nc(-c2ccc3c(c2)OC(F)(F)O3)c(-c2cc(-c3cccc(S(C)(=O)=O)c3)ccc2-n2ccc(C(C)(C)O)n2)o1. The lowest BCUT2D eigenvalue weighted by atomic mass is 9.98. The Balaban J connectivity index is 1.55. The maximum Gasteiger partial charge on any atom is 0.586 e. The number of halogens is 2. The third-order valence-corrected chi connectivity index (χ3v) is 7.82. The number of fused-ring (bicyclic) bond motifs is 1. The molecule has 1 N–H and O–H groups in total. The van der Waals surface area contributed by atoms with Gasteiger partial charge in [0, 0.05) is 30.5 Å². The predicted octanol–water partition coefficient (Wildman–Crippen LogP) is 6.12. The number of aliphatic hydroxyl groups is 1. The van der Waals surface area contributed by atoms with Crippen molar-refractivity contribution in [1.82, 2.24) is 14.8 Å². The van der Waals surface area contributed by atoms with E-state index in [1.54, 1.807) is 68.0 Å². The molecule has 42 heavy (non-hydrogen) atoms. The van der Waals surface area contributed by atoms with E-state index >= 15 is 0 Å². The van der Waals surface area contributed by atoms with Gasteiger partial charge in [-0.15, -0.1) is 8.78 Å². The molecule has 3 aromatic carbocycles. The molecule has 2 aromatic heterocycles. The molecule has 0 atom stereocenters. The molecule has 0 saturated carbocycles. The van der Waals surface area contributed by atoms with Crippen LogP contribution in [-0.2, 0) is 15.4 Å². The fourth-order valence-corrected chi connectivity index (χ4v) is 5.36. The molecule has 9 nitrogen and oxygen atoms in total. The molecular weight excluding hydrogens is 568 g/mol. The average molecular weight is 594 g/mol. The van der Waals surface area contributed by atoms with Gasteiger partial charge in [0.15, 0.2) is 33.0 Å². The van der Waals surface area contributed by atoms with Gasteiger partial charge >= 0.3 is 6.29 Å². The van der Waals surface area contributed by atoms with Crippen LogP contribution in [0, 0.1) is 6.92 Å². The number of aromatic nitrogens is 3. The highest BCUT2D eigenvalue weighted by Crippen LogP contribution is 2.45. The van der Waals surface area contributed by atoms with Crippen molar-refractivity contribution >= 4 is 9.84 Å². The number of rotatable bonds is 6. The molecule has 0 saturated heterocycles. The van der Waals surface area contributed by atoms with Crippen LogP contribution in [0.3, 0.4) is 0 Å². The van der Waals surface area contributed by atoms with E-state index in [0.29, 0.717) is 51.0 Å². The summed E-state index contributed by atoms with van der Waals surface area (Å²) < 4.78 is 68.8. The quantitative estimate of drug-likeness (QED) is 0.250. The van der Waals surface area contributed by atoms with Crippen LogP contribution in [0.15, 0.2) is 82.2 Å². The second kappa shape index (κ2) is 9.50. The maximum absolute atomic E-state index is 13.7. The van der Waals surface area contributed by atoms with E-state index in [1.165, 1.54) is 18.2 Å². The van der Waals surface area contributed by atoms with E-state index in [0.717, 1.165) is 6.26 Å². The van der Waals surface area contributed by atoms with Crippen molar-refractivity contribution < 1.29 is 36.2 Å². The smallest absolute Gasteiger partial charge is 0.440 e. The predicted molar refractivity (Wildman–Crippen MR) is 149 cm³/mol. The Morgan fingerprint density at radius 3 is 2.36 bits per heavy atom. The van der Waals surface area contributed by atoms with Crippen molar-refractivity contribution in [3.05, 3.63) is 84.5 Å². The van der Waals surface area contributed by atoms with Crippen molar-refractivity contribution in [2.45, 2.75) is 37.6 Å². The van der Waals surface area contributed by atoms with Crippen molar-refractivity contribution in [1.29, 1.82) is 0 Å². The van der Waals surface area contributed by atoms with E-state index < -0.39 is 21.7 Å². The Hall–Kier alpha value is -4.55. The number of alkyl halides is 2. The van der Waals surface area contributed by atoms with Gasteiger partial charge in [0.25, 0.3) is 0 Å². The summed E-state index contributed by atoms with van der Waals surface area (Å²) in [4.78, 5) is 4.72. The highest BCUT2D eigenvalue weighted by atomic mass is 32.2. The van der Waals surface area contributed by atoms with E-state index in [1.807, 2.05) is 12.1 Å². The number of aryl methyl sites for hydroxylation is 1. The van der Waals surface area contributed by atoms with Gasteiger partial charge in [0.05, 0.1) is 16.3 Å². The molecule has 0 radical (unpaired) electrons. The Bertz CT molecular complexity index is 1960. The van der Waals surface area contributed by atoms with Crippen LogP contribution >= 0.6 is 0 Å². The minimum absolute atomic E-state index is 0.102. The largest absolute Gasteiger partial charge is 0.586 e. The van der Waals surface area contributed by atoms with Crippen LogP contribution in [0.5, 0.6) is 11.5 Å². The van der Waals surface area contributed by atoms with Crippen molar-refractivity contribution in [2.75, 3.05) is 6.26 Å². The van der Waals surface area contributed by atoms with E-state index in [4.69, 9.17) is 4.42 Å². The van der Waals surface area contributed by atoms with Crippen molar-refractivity contribution in [3.8, 4) is 50.9 Å². The topological polar surface area (TPSA) is 117 Å². The molecule has 12 heteroatoms. The number of benzene rings is 3. The molecule has 0 bridgehead atoms. The van der Waals surface area contributed by atoms with Gasteiger partial charge in [-0.25, -0.2) is 18.1 Å². The van der Waals surface area contributed by atoms with Crippen LogP contribution < -0.4 is 9.47 Å². The zero-order valence-corrected chi connectivity index (χ0v) is 23.7. The van der Waals surface area contributed by atoms with E-state index in [2.05, 4.69) is 19.6 Å². The number of nitrogens with zero attached hydrogens (tertiary/aromatic N) is 3. The Labute approximate surface area is 239 Å². The normalized spacial score (nSPS) is 14.4. The van der Waals surface area contributed by atoms with Gasteiger partial charge in [0.2, 0.25) is 0 Å². The minimum Gasteiger partial charge on any atom is -0.440 e.